The van der Waals surface area contributed by atoms with Gasteiger partial charge in [0.1, 0.15) is 11.3 Å². The van der Waals surface area contributed by atoms with Crippen LogP contribution in [0.5, 0.6) is 0 Å². The molecule has 0 bridgehead atoms. The topological polar surface area (TPSA) is 25.2 Å². The van der Waals surface area contributed by atoms with E-state index in [2.05, 4.69) is 41.2 Å². The highest BCUT2D eigenvalue weighted by Gasteiger charge is 2.17. The van der Waals surface area contributed by atoms with E-state index in [1.165, 1.54) is 5.56 Å². The normalized spacial score (nSPS) is 12.6. The minimum Gasteiger partial charge on any atom is -0.459 e. The Hall–Kier alpha value is -1.45. The molecule has 1 heterocycles. The lowest BCUT2D eigenvalue weighted by Gasteiger charge is -2.15. The Labute approximate surface area is 137 Å². The Kier molecular flexibility index (Phi) is 3.96. The number of nitrogens with one attached hydrogen (secondary N) is 1. The number of halogens is 2. The molecule has 21 heavy (non-hydrogen) atoms. The highest BCUT2D eigenvalue weighted by atomic mass is 79.9. The van der Waals surface area contributed by atoms with E-state index in [4.69, 9.17) is 16.0 Å². The highest BCUT2D eigenvalue weighted by molar-refractivity contribution is 9.10. The summed E-state index contributed by atoms with van der Waals surface area (Å²) in [5.41, 5.74) is 3.04. The van der Waals surface area contributed by atoms with Crippen molar-refractivity contribution < 1.29 is 4.42 Å². The molecule has 0 saturated heterocycles. The average Bonchev–Trinajstić information content (AvgIpc) is 2.82. The number of aryl methyl sites for hydroxylation is 1. The molecule has 0 aliphatic rings. The molecular weight excluding hydrogens is 350 g/mol. The number of rotatable bonds is 3. The van der Waals surface area contributed by atoms with Gasteiger partial charge < -0.3 is 9.73 Å². The zero-order valence-corrected chi connectivity index (χ0v) is 14.1. The van der Waals surface area contributed by atoms with Gasteiger partial charge in [0.15, 0.2) is 0 Å². The molecule has 4 heteroatoms. The summed E-state index contributed by atoms with van der Waals surface area (Å²) >= 11 is 9.64. The fraction of sp³-hybridized carbons (Fsp3) is 0.176. The molecule has 0 spiro atoms. The van der Waals surface area contributed by atoms with E-state index in [1.54, 1.807) is 0 Å². The Balaban J connectivity index is 1.95. The van der Waals surface area contributed by atoms with E-state index in [9.17, 15) is 0 Å². The Morgan fingerprint density at radius 1 is 1.14 bits per heavy atom. The van der Waals surface area contributed by atoms with Gasteiger partial charge in [0, 0.05) is 10.9 Å². The Morgan fingerprint density at radius 2 is 1.90 bits per heavy atom. The van der Waals surface area contributed by atoms with Crippen molar-refractivity contribution in [3.63, 3.8) is 0 Å². The lowest BCUT2D eigenvalue weighted by molar-refractivity contribution is 0.522. The summed E-state index contributed by atoms with van der Waals surface area (Å²) in [6.07, 6.45) is 0. The summed E-state index contributed by atoms with van der Waals surface area (Å²) in [5.74, 6) is 0.947. The predicted molar refractivity (Wildman–Crippen MR) is 92.1 cm³/mol. The van der Waals surface area contributed by atoms with Crippen LogP contribution in [-0.4, -0.2) is 0 Å². The highest BCUT2D eigenvalue weighted by Crippen LogP contribution is 2.35. The summed E-state index contributed by atoms with van der Waals surface area (Å²) in [6, 6.07) is 13.9. The second-order valence-corrected chi connectivity index (χ2v) is 6.26. The van der Waals surface area contributed by atoms with Gasteiger partial charge in [-0.2, -0.15) is 0 Å². The van der Waals surface area contributed by atoms with Crippen LogP contribution in [0.4, 0.5) is 5.69 Å². The third-order valence-electron chi connectivity index (χ3n) is 3.60. The van der Waals surface area contributed by atoms with E-state index in [1.807, 2.05) is 36.4 Å². The molecule has 0 aliphatic carbocycles. The molecule has 1 atom stereocenters. The number of furan rings is 1. The second kappa shape index (κ2) is 5.74. The van der Waals surface area contributed by atoms with Crippen molar-refractivity contribution in [1.29, 1.82) is 0 Å². The molecule has 0 fully saturated rings. The lowest BCUT2D eigenvalue weighted by atomic mass is 10.1. The second-order valence-electron chi connectivity index (χ2n) is 5.05. The quantitative estimate of drug-likeness (QED) is 0.587. The largest absolute Gasteiger partial charge is 0.459 e. The summed E-state index contributed by atoms with van der Waals surface area (Å²) in [7, 11) is 0. The first-order valence-electron chi connectivity index (χ1n) is 6.76. The zero-order chi connectivity index (χ0) is 15.0. The predicted octanol–water partition coefficient (Wildman–Crippen LogP) is 6.33. The van der Waals surface area contributed by atoms with Crippen molar-refractivity contribution in [2.45, 2.75) is 19.9 Å². The minimum absolute atomic E-state index is 0.0483. The van der Waals surface area contributed by atoms with E-state index in [0.29, 0.717) is 5.02 Å². The number of para-hydroxylation sites is 1. The maximum atomic E-state index is 6.13. The van der Waals surface area contributed by atoms with Crippen LogP contribution in [0.2, 0.25) is 5.02 Å². The summed E-state index contributed by atoms with van der Waals surface area (Å²) in [4.78, 5) is 0. The first-order chi connectivity index (χ1) is 10.1. The van der Waals surface area contributed by atoms with Gasteiger partial charge in [-0.3, -0.25) is 0 Å². The SMILES string of the molecule is Cc1c(C(C)Nc2cccc(Cl)c2Br)oc2ccccc12. The maximum Gasteiger partial charge on any atom is 0.134 e. The van der Waals surface area contributed by atoms with Crippen LogP contribution in [-0.2, 0) is 0 Å². The van der Waals surface area contributed by atoms with Crippen LogP contribution in [0.3, 0.4) is 0 Å². The molecule has 3 aromatic rings. The fourth-order valence-corrected chi connectivity index (χ4v) is 3.07. The third-order valence-corrected chi connectivity index (χ3v) is 5.00. The smallest absolute Gasteiger partial charge is 0.134 e. The maximum absolute atomic E-state index is 6.13. The molecule has 2 nitrogen and oxygen atoms in total. The van der Waals surface area contributed by atoms with Gasteiger partial charge in [0.25, 0.3) is 0 Å². The average molecular weight is 365 g/mol. The first-order valence-corrected chi connectivity index (χ1v) is 7.93. The molecule has 2 aromatic carbocycles. The molecule has 108 valence electrons. The van der Waals surface area contributed by atoms with Crippen molar-refractivity contribution in [3.8, 4) is 0 Å². The summed E-state index contributed by atoms with van der Waals surface area (Å²) in [6.45, 7) is 4.17. The van der Waals surface area contributed by atoms with Crippen molar-refractivity contribution in [1.82, 2.24) is 0 Å². The van der Waals surface area contributed by atoms with Crippen molar-refractivity contribution >= 4 is 44.2 Å². The number of hydrogen-bond acceptors (Lipinski definition) is 2. The molecule has 0 aliphatic heterocycles. The van der Waals surface area contributed by atoms with E-state index >= 15 is 0 Å². The summed E-state index contributed by atoms with van der Waals surface area (Å²) < 4.78 is 6.86. The van der Waals surface area contributed by atoms with Crippen LogP contribution < -0.4 is 5.32 Å². The van der Waals surface area contributed by atoms with E-state index in [-0.39, 0.29) is 6.04 Å². The van der Waals surface area contributed by atoms with Crippen molar-refractivity contribution in [2.75, 3.05) is 5.32 Å². The van der Waals surface area contributed by atoms with Crippen molar-refractivity contribution in [2.24, 2.45) is 0 Å². The molecule has 3 rings (SSSR count). The molecule has 1 aromatic heterocycles. The molecule has 1 unspecified atom stereocenters. The van der Waals surface area contributed by atoms with Crippen LogP contribution in [0, 0.1) is 6.92 Å². The van der Waals surface area contributed by atoms with Gasteiger partial charge in [-0.15, -0.1) is 0 Å². The van der Waals surface area contributed by atoms with Gasteiger partial charge >= 0.3 is 0 Å². The third kappa shape index (κ3) is 2.68. The molecule has 0 radical (unpaired) electrons. The molecular formula is C17H15BrClNO. The molecule has 1 N–H and O–H groups in total. The van der Waals surface area contributed by atoms with Crippen molar-refractivity contribution in [3.05, 3.63) is 63.3 Å². The first kappa shape index (κ1) is 14.5. The van der Waals surface area contributed by atoms with Gasteiger partial charge in [0.05, 0.1) is 21.2 Å². The van der Waals surface area contributed by atoms with Crippen LogP contribution in [0.1, 0.15) is 24.3 Å². The monoisotopic (exact) mass is 363 g/mol. The number of benzene rings is 2. The zero-order valence-electron chi connectivity index (χ0n) is 11.8. The van der Waals surface area contributed by atoms with E-state index in [0.717, 1.165) is 26.9 Å². The van der Waals surface area contributed by atoms with E-state index < -0.39 is 0 Å². The lowest BCUT2D eigenvalue weighted by Crippen LogP contribution is -2.07. The van der Waals surface area contributed by atoms with Gasteiger partial charge in [-0.05, 0) is 48.0 Å². The van der Waals surface area contributed by atoms with Gasteiger partial charge in [0.2, 0.25) is 0 Å². The number of hydrogen-bond donors (Lipinski definition) is 1. The number of anilines is 1. The number of fused-ring (bicyclic) bond motifs is 1. The molecule has 0 amide bonds. The summed E-state index contributed by atoms with van der Waals surface area (Å²) in [5, 5.41) is 5.29. The van der Waals surface area contributed by atoms with Crippen LogP contribution >= 0.6 is 27.5 Å². The fourth-order valence-electron chi connectivity index (χ4n) is 2.52. The van der Waals surface area contributed by atoms with Gasteiger partial charge in [-0.25, -0.2) is 0 Å². The van der Waals surface area contributed by atoms with Crippen LogP contribution in [0.15, 0.2) is 51.4 Å². The Morgan fingerprint density at radius 3 is 2.67 bits per heavy atom. The Bertz CT molecular complexity index is 797. The van der Waals surface area contributed by atoms with Crippen LogP contribution in [0.25, 0.3) is 11.0 Å². The molecule has 0 saturated carbocycles. The minimum atomic E-state index is 0.0483. The van der Waals surface area contributed by atoms with Gasteiger partial charge in [-0.1, -0.05) is 35.9 Å². The standard InChI is InChI=1S/C17H15BrClNO/c1-10-12-6-3-4-9-15(12)21-17(10)11(2)20-14-8-5-7-13(19)16(14)18/h3-9,11,20H,1-2H3.